The Labute approximate surface area is 137 Å². The maximum atomic E-state index is 2.35. The van der Waals surface area contributed by atoms with Crippen LogP contribution in [0.1, 0.15) is 26.3 Å². The summed E-state index contributed by atoms with van der Waals surface area (Å²) in [7, 11) is 0. The highest BCUT2D eigenvalue weighted by molar-refractivity contribution is 5.86. The third-order valence-electron chi connectivity index (χ3n) is 4.57. The molecule has 0 aliphatic rings. The number of benzene rings is 2. The highest BCUT2D eigenvalue weighted by Crippen LogP contribution is 2.29. The van der Waals surface area contributed by atoms with E-state index in [0.717, 1.165) is 0 Å². The third-order valence-corrected chi connectivity index (χ3v) is 4.57. The molecule has 0 saturated carbocycles. The van der Waals surface area contributed by atoms with Gasteiger partial charge in [0, 0.05) is 5.52 Å². The second kappa shape index (κ2) is 4.99. The van der Waals surface area contributed by atoms with Crippen LogP contribution in [-0.2, 0) is 5.41 Å². The van der Waals surface area contributed by atoms with E-state index in [1.807, 2.05) is 0 Å². The van der Waals surface area contributed by atoms with Gasteiger partial charge in [-0.25, -0.2) is 0 Å². The summed E-state index contributed by atoms with van der Waals surface area (Å²) >= 11 is 0. The lowest BCUT2D eigenvalue weighted by molar-refractivity contribution is 0.590. The first-order valence-electron chi connectivity index (χ1n) is 8.14. The van der Waals surface area contributed by atoms with Crippen molar-refractivity contribution in [2.75, 3.05) is 0 Å². The molecule has 0 saturated heterocycles. The van der Waals surface area contributed by atoms with Crippen molar-refractivity contribution in [2.24, 2.45) is 0 Å². The lowest BCUT2D eigenvalue weighted by atomic mass is 9.86. The minimum Gasteiger partial charge on any atom is -0.309 e. The molecule has 0 radical (unpaired) electrons. The molecule has 0 amide bonds. The summed E-state index contributed by atoms with van der Waals surface area (Å²) in [6, 6.07) is 26.3. The van der Waals surface area contributed by atoms with E-state index in [0.29, 0.717) is 0 Å². The first kappa shape index (κ1) is 14.1. The normalized spacial score (nSPS) is 12.1. The molecular weight excluding hydrogens is 278 g/mol. The second-order valence-corrected chi connectivity index (χ2v) is 7.20. The Bertz CT molecular complexity index is 982. The number of nitrogens with zero attached hydrogens (tertiary/aromatic N) is 1. The van der Waals surface area contributed by atoms with Crippen molar-refractivity contribution >= 4 is 16.4 Å². The van der Waals surface area contributed by atoms with Crippen molar-refractivity contribution in [2.45, 2.75) is 26.2 Å². The molecule has 0 N–H and O–H groups in total. The Morgan fingerprint density at radius 1 is 0.696 bits per heavy atom. The molecule has 4 rings (SSSR count). The minimum atomic E-state index is 0.187. The van der Waals surface area contributed by atoms with E-state index in [1.54, 1.807) is 0 Å². The molecule has 0 aliphatic carbocycles. The van der Waals surface area contributed by atoms with Crippen LogP contribution >= 0.6 is 0 Å². The summed E-state index contributed by atoms with van der Waals surface area (Å²) in [5.74, 6) is 0. The van der Waals surface area contributed by atoms with Crippen molar-refractivity contribution in [3.8, 4) is 11.3 Å². The molecule has 2 heterocycles. The Balaban J connectivity index is 1.94. The van der Waals surface area contributed by atoms with Crippen LogP contribution < -0.4 is 0 Å². The molecule has 0 spiro atoms. The van der Waals surface area contributed by atoms with E-state index >= 15 is 0 Å². The topological polar surface area (TPSA) is 4.41 Å². The lowest BCUT2D eigenvalue weighted by Crippen LogP contribution is -2.10. The van der Waals surface area contributed by atoms with E-state index < -0.39 is 0 Å². The number of rotatable bonds is 1. The average molecular weight is 299 g/mol. The highest BCUT2D eigenvalue weighted by atomic mass is 14.9. The molecule has 0 aliphatic heterocycles. The van der Waals surface area contributed by atoms with Gasteiger partial charge < -0.3 is 4.40 Å². The number of para-hydroxylation sites is 1. The van der Waals surface area contributed by atoms with E-state index in [9.17, 15) is 0 Å². The van der Waals surface area contributed by atoms with E-state index in [-0.39, 0.29) is 5.41 Å². The summed E-state index contributed by atoms with van der Waals surface area (Å²) in [5, 5.41) is 1.27. The molecule has 4 aromatic rings. The molecule has 0 fully saturated rings. The van der Waals surface area contributed by atoms with Gasteiger partial charge >= 0.3 is 0 Å². The zero-order valence-electron chi connectivity index (χ0n) is 13.9. The molecular formula is C22H21N. The Hall–Kier alpha value is -2.54. The van der Waals surface area contributed by atoms with Crippen molar-refractivity contribution in [3.63, 3.8) is 0 Å². The van der Waals surface area contributed by atoms with Crippen molar-refractivity contribution in [1.29, 1.82) is 0 Å². The van der Waals surface area contributed by atoms with Gasteiger partial charge in [0.2, 0.25) is 0 Å². The second-order valence-electron chi connectivity index (χ2n) is 7.20. The fourth-order valence-electron chi connectivity index (χ4n) is 3.22. The predicted octanol–water partition coefficient (Wildman–Crippen LogP) is 6.06. The van der Waals surface area contributed by atoms with Crippen LogP contribution in [-0.4, -0.2) is 4.40 Å². The Kier molecular flexibility index (Phi) is 3.05. The van der Waals surface area contributed by atoms with Gasteiger partial charge in [-0.1, -0.05) is 69.3 Å². The zero-order chi connectivity index (χ0) is 16.0. The quantitative estimate of drug-likeness (QED) is 0.402. The van der Waals surface area contributed by atoms with E-state index in [4.69, 9.17) is 0 Å². The summed E-state index contributed by atoms with van der Waals surface area (Å²) in [5.41, 5.74) is 6.55. The predicted molar refractivity (Wildman–Crippen MR) is 99.0 cm³/mol. The Morgan fingerprint density at radius 2 is 1.39 bits per heavy atom. The number of aromatic nitrogens is 1. The summed E-state index contributed by atoms with van der Waals surface area (Å²) in [6.07, 6.45) is 0. The monoisotopic (exact) mass is 299 g/mol. The number of hydrogen-bond acceptors (Lipinski definition) is 0. The van der Waals surface area contributed by atoms with Crippen LogP contribution in [0.4, 0.5) is 0 Å². The lowest BCUT2D eigenvalue weighted by Gasteiger charge is -2.19. The molecule has 0 unspecified atom stereocenters. The van der Waals surface area contributed by atoms with E-state index in [1.165, 1.54) is 33.2 Å². The van der Waals surface area contributed by atoms with Gasteiger partial charge in [-0.3, -0.25) is 0 Å². The van der Waals surface area contributed by atoms with Gasteiger partial charge in [-0.15, -0.1) is 0 Å². The number of fused-ring (bicyclic) bond motifs is 3. The fourth-order valence-corrected chi connectivity index (χ4v) is 3.22. The maximum Gasteiger partial charge on any atom is 0.0535 e. The van der Waals surface area contributed by atoms with Gasteiger partial charge in [0.05, 0.1) is 11.2 Å². The molecule has 23 heavy (non-hydrogen) atoms. The number of pyridine rings is 1. The van der Waals surface area contributed by atoms with Gasteiger partial charge in [0.25, 0.3) is 0 Å². The van der Waals surface area contributed by atoms with Gasteiger partial charge in [-0.05, 0) is 46.2 Å². The van der Waals surface area contributed by atoms with Crippen molar-refractivity contribution in [3.05, 3.63) is 78.4 Å². The first-order chi connectivity index (χ1) is 11.0. The van der Waals surface area contributed by atoms with Crippen LogP contribution in [0.25, 0.3) is 27.7 Å². The standard InChI is InChI=1S/C22H21N/c1-22(2,3)18-11-8-17(9-12-18)21-15-14-19-13-10-16-6-4-5-7-20(16)23(19)21/h4-15H,1-3H3. The molecule has 2 aromatic heterocycles. The third kappa shape index (κ3) is 2.33. The maximum absolute atomic E-state index is 2.35. The van der Waals surface area contributed by atoms with Crippen LogP contribution in [0.2, 0.25) is 0 Å². The summed E-state index contributed by atoms with van der Waals surface area (Å²) < 4.78 is 2.35. The smallest absolute Gasteiger partial charge is 0.0535 e. The minimum absolute atomic E-state index is 0.187. The van der Waals surface area contributed by atoms with Gasteiger partial charge in [-0.2, -0.15) is 0 Å². The average Bonchev–Trinajstić information content (AvgIpc) is 2.99. The van der Waals surface area contributed by atoms with E-state index in [2.05, 4.69) is 98.0 Å². The largest absolute Gasteiger partial charge is 0.309 e. The SMILES string of the molecule is CC(C)(C)c1ccc(-c2ccc3ccc4ccccc4n23)cc1. The summed E-state index contributed by atoms with van der Waals surface area (Å²) in [4.78, 5) is 0. The van der Waals surface area contributed by atoms with Crippen LogP contribution in [0, 0.1) is 0 Å². The Morgan fingerprint density at radius 3 is 2.13 bits per heavy atom. The summed E-state index contributed by atoms with van der Waals surface area (Å²) in [6.45, 7) is 6.76. The van der Waals surface area contributed by atoms with Crippen LogP contribution in [0.15, 0.2) is 72.8 Å². The molecule has 0 bridgehead atoms. The van der Waals surface area contributed by atoms with Crippen LogP contribution in [0.3, 0.4) is 0 Å². The molecule has 114 valence electrons. The molecule has 1 nitrogen and oxygen atoms in total. The zero-order valence-corrected chi connectivity index (χ0v) is 13.9. The van der Waals surface area contributed by atoms with Gasteiger partial charge in [0.1, 0.15) is 0 Å². The molecule has 1 heteroatoms. The fraction of sp³-hybridized carbons (Fsp3) is 0.182. The first-order valence-corrected chi connectivity index (χ1v) is 8.14. The van der Waals surface area contributed by atoms with Crippen LogP contribution in [0.5, 0.6) is 0 Å². The van der Waals surface area contributed by atoms with Gasteiger partial charge in [0.15, 0.2) is 0 Å². The number of hydrogen-bond donors (Lipinski definition) is 0. The highest BCUT2D eigenvalue weighted by Gasteiger charge is 2.14. The molecule has 0 atom stereocenters. The van der Waals surface area contributed by atoms with Crippen molar-refractivity contribution < 1.29 is 0 Å². The molecule has 2 aromatic carbocycles. The van der Waals surface area contributed by atoms with Crippen molar-refractivity contribution in [1.82, 2.24) is 4.40 Å².